The van der Waals surface area contributed by atoms with Gasteiger partial charge in [0, 0.05) is 55.0 Å². The summed E-state index contributed by atoms with van der Waals surface area (Å²) in [4.78, 5) is 45.4. The van der Waals surface area contributed by atoms with Crippen LogP contribution in [0.25, 0.3) is 0 Å². The Morgan fingerprint density at radius 1 is 1.10 bits per heavy atom. The Labute approximate surface area is 234 Å². The maximum absolute atomic E-state index is 13.3. The predicted octanol–water partition coefficient (Wildman–Crippen LogP) is 4.10. The van der Waals surface area contributed by atoms with E-state index in [4.69, 9.17) is 21.1 Å². The number of nitrogens with zero attached hydrogens (tertiary/aromatic N) is 3. The fourth-order valence-corrected chi connectivity index (χ4v) is 5.30. The summed E-state index contributed by atoms with van der Waals surface area (Å²) in [6.45, 7) is 8.29. The summed E-state index contributed by atoms with van der Waals surface area (Å²) < 4.78 is 10.7. The molecule has 2 unspecified atom stereocenters. The first-order valence-corrected chi connectivity index (χ1v) is 13.6. The molecular formula is C29H35ClN4O5. The second-order valence-electron chi connectivity index (χ2n) is 9.57. The van der Waals surface area contributed by atoms with Crippen LogP contribution in [-0.2, 0) is 9.53 Å². The van der Waals surface area contributed by atoms with Crippen LogP contribution in [0.1, 0.15) is 42.7 Å². The fraction of sp³-hybridized carbons (Fsp3) is 0.414. The third-order valence-corrected chi connectivity index (χ3v) is 7.37. The number of ether oxygens (including phenoxy) is 2. The van der Waals surface area contributed by atoms with Crippen molar-refractivity contribution >= 4 is 29.5 Å². The number of likely N-dealkylation sites (N-methyl/N-ethyl adjacent to an activating group) is 1. The van der Waals surface area contributed by atoms with Crippen LogP contribution in [-0.4, -0.2) is 85.1 Å². The topological polar surface area (TPSA) is 91.4 Å². The molecule has 2 heterocycles. The number of carbonyl (C=O) groups is 3. The molecule has 2 aromatic carbocycles. The molecule has 4 rings (SSSR count). The molecule has 1 saturated heterocycles. The Hall–Kier alpha value is -3.56. The van der Waals surface area contributed by atoms with Gasteiger partial charge in [-0.1, -0.05) is 29.8 Å². The number of hydrogen-bond acceptors (Lipinski definition) is 6. The molecule has 0 bridgehead atoms. The van der Waals surface area contributed by atoms with Crippen molar-refractivity contribution in [1.82, 2.24) is 20.0 Å². The second kappa shape index (κ2) is 12.5. The van der Waals surface area contributed by atoms with Gasteiger partial charge in [0.25, 0.3) is 5.91 Å². The van der Waals surface area contributed by atoms with Crippen LogP contribution >= 0.6 is 11.6 Å². The zero-order valence-corrected chi connectivity index (χ0v) is 23.5. The molecule has 2 aliphatic rings. The predicted molar refractivity (Wildman–Crippen MR) is 149 cm³/mol. The van der Waals surface area contributed by atoms with Crippen molar-refractivity contribution in [3.05, 3.63) is 76.0 Å². The first-order chi connectivity index (χ1) is 18.8. The fourth-order valence-electron chi connectivity index (χ4n) is 5.17. The van der Waals surface area contributed by atoms with Crippen LogP contribution in [0, 0.1) is 0 Å². The lowest BCUT2D eigenvalue weighted by Crippen LogP contribution is -2.56. The highest BCUT2D eigenvalue weighted by molar-refractivity contribution is 6.30. The number of hydrogen-bond donors (Lipinski definition) is 1. The quantitative estimate of drug-likeness (QED) is 0.494. The molecule has 39 heavy (non-hydrogen) atoms. The van der Waals surface area contributed by atoms with Crippen LogP contribution in [0.5, 0.6) is 5.75 Å². The monoisotopic (exact) mass is 554 g/mol. The first kappa shape index (κ1) is 28.4. The maximum Gasteiger partial charge on any atom is 0.338 e. The van der Waals surface area contributed by atoms with Crippen molar-refractivity contribution in [2.75, 3.05) is 46.4 Å². The molecule has 0 aromatic heterocycles. The van der Waals surface area contributed by atoms with Gasteiger partial charge in [0.15, 0.2) is 0 Å². The Morgan fingerprint density at radius 3 is 2.49 bits per heavy atom. The van der Waals surface area contributed by atoms with E-state index in [1.54, 1.807) is 61.4 Å². The van der Waals surface area contributed by atoms with Gasteiger partial charge >= 0.3 is 12.0 Å². The summed E-state index contributed by atoms with van der Waals surface area (Å²) in [5.41, 5.74) is 2.34. The number of carbonyl (C=O) groups excluding carboxylic acids is 3. The largest absolute Gasteiger partial charge is 0.497 e. The number of benzene rings is 2. The van der Waals surface area contributed by atoms with E-state index in [9.17, 15) is 14.4 Å². The molecule has 10 heteroatoms. The second-order valence-corrected chi connectivity index (χ2v) is 10.0. The average molecular weight is 555 g/mol. The summed E-state index contributed by atoms with van der Waals surface area (Å²) in [7, 11) is 1.58. The molecule has 208 valence electrons. The molecule has 1 fully saturated rings. The van der Waals surface area contributed by atoms with Gasteiger partial charge in [-0.05, 0) is 56.7 Å². The van der Waals surface area contributed by atoms with Crippen molar-refractivity contribution in [2.24, 2.45) is 0 Å². The SMILES string of the molecule is CCOC(=O)C1=C(CN2CCN(C(=O)c3cccc(OC)c3)C(C)C2)N(CC)C(=O)NC1c1ccc(Cl)cc1. The van der Waals surface area contributed by atoms with Gasteiger partial charge in [-0.25, -0.2) is 9.59 Å². The highest BCUT2D eigenvalue weighted by Crippen LogP contribution is 2.33. The molecule has 0 radical (unpaired) electrons. The van der Waals surface area contributed by atoms with E-state index >= 15 is 0 Å². The number of urea groups is 1. The van der Waals surface area contributed by atoms with Crippen LogP contribution in [0.3, 0.4) is 0 Å². The Morgan fingerprint density at radius 2 is 1.85 bits per heavy atom. The normalized spacial score (nSPS) is 20.1. The molecule has 0 spiro atoms. The zero-order chi connectivity index (χ0) is 28.1. The molecule has 1 N–H and O–H groups in total. The molecule has 2 atom stereocenters. The molecular weight excluding hydrogens is 520 g/mol. The summed E-state index contributed by atoms with van der Waals surface area (Å²) in [5.74, 6) is 0.115. The molecule has 2 aromatic rings. The van der Waals surface area contributed by atoms with Gasteiger partial charge in [0.1, 0.15) is 5.75 Å². The number of amides is 3. The van der Waals surface area contributed by atoms with Crippen molar-refractivity contribution in [3.8, 4) is 5.75 Å². The van der Waals surface area contributed by atoms with Gasteiger partial charge in [-0.2, -0.15) is 0 Å². The van der Waals surface area contributed by atoms with Crippen molar-refractivity contribution in [1.29, 1.82) is 0 Å². The Balaban J connectivity index is 1.61. The first-order valence-electron chi connectivity index (χ1n) is 13.2. The minimum atomic E-state index is -0.667. The lowest BCUT2D eigenvalue weighted by molar-refractivity contribution is -0.139. The van der Waals surface area contributed by atoms with Gasteiger partial charge in [0.2, 0.25) is 0 Å². The van der Waals surface area contributed by atoms with Gasteiger partial charge in [-0.15, -0.1) is 0 Å². The van der Waals surface area contributed by atoms with Crippen LogP contribution in [0.2, 0.25) is 5.02 Å². The number of esters is 1. The number of halogens is 1. The highest BCUT2D eigenvalue weighted by Gasteiger charge is 2.39. The smallest absolute Gasteiger partial charge is 0.338 e. The molecule has 3 amide bonds. The molecule has 0 aliphatic carbocycles. The van der Waals surface area contributed by atoms with Gasteiger partial charge in [-0.3, -0.25) is 14.6 Å². The van der Waals surface area contributed by atoms with Crippen molar-refractivity contribution in [2.45, 2.75) is 32.9 Å². The van der Waals surface area contributed by atoms with E-state index in [1.807, 2.05) is 24.8 Å². The lowest BCUT2D eigenvalue weighted by Gasteiger charge is -2.43. The Kier molecular flexibility index (Phi) is 9.14. The molecule has 9 nitrogen and oxygen atoms in total. The van der Waals surface area contributed by atoms with Crippen LogP contribution in [0.4, 0.5) is 4.79 Å². The van der Waals surface area contributed by atoms with Crippen molar-refractivity contribution < 1.29 is 23.9 Å². The summed E-state index contributed by atoms with van der Waals surface area (Å²) in [6, 6.07) is 13.2. The van der Waals surface area contributed by atoms with Gasteiger partial charge < -0.3 is 19.7 Å². The number of piperazine rings is 1. The van der Waals surface area contributed by atoms with Crippen molar-refractivity contribution in [3.63, 3.8) is 0 Å². The minimum Gasteiger partial charge on any atom is -0.497 e. The highest BCUT2D eigenvalue weighted by atomic mass is 35.5. The summed E-state index contributed by atoms with van der Waals surface area (Å²) in [5, 5.41) is 3.53. The number of nitrogens with one attached hydrogen (secondary N) is 1. The van der Waals surface area contributed by atoms with E-state index in [1.165, 1.54) is 0 Å². The lowest BCUT2D eigenvalue weighted by atomic mass is 9.94. The van der Waals surface area contributed by atoms with Gasteiger partial charge in [0.05, 0.1) is 25.3 Å². The number of rotatable bonds is 8. The van der Waals surface area contributed by atoms with E-state index < -0.39 is 12.0 Å². The summed E-state index contributed by atoms with van der Waals surface area (Å²) >= 11 is 6.09. The minimum absolute atomic E-state index is 0.0532. The summed E-state index contributed by atoms with van der Waals surface area (Å²) in [6.07, 6.45) is 0. The van der Waals surface area contributed by atoms with E-state index in [0.29, 0.717) is 60.3 Å². The Bertz CT molecular complexity index is 1250. The number of methoxy groups -OCH3 is 1. The third kappa shape index (κ3) is 6.20. The van der Waals surface area contributed by atoms with Crippen LogP contribution in [0.15, 0.2) is 59.8 Å². The van der Waals surface area contributed by atoms with E-state index in [0.717, 1.165) is 5.56 Å². The standard InChI is InChI=1S/C29H35ClN4O5/c1-5-33-24(25(28(36)39-6-2)26(31-29(33)37)20-10-12-22(30)13-11-20)18-32-14-15-34(19(3)17-32)27(35)21-8-7-9-23(16-21)38-4/h7-13,16,19,26H,5-6,14-15,17-18H2,1-4H3,(H,31,37). The third-order valence-electron chi connectivity index (χ3n) is 7.12. The van der Waals surface area contributed by atoms with E-state index in [2.05, 4.69) is 10.2 Å². The zero-order valence-electron chi connectivity index (χ0n) is 22.8. The average Bonchev–Trinajstić information content (AvgIpc) is 2.93. The molecule has 0 saturated carbocycles. The molecule has 2 aliphatic heterocycles. The van der Waals surface area contributed by atoms with Crippen LogP contribution < -0.4 is 10.1 Å². The maximum atomic E-state index is 13.3. The van der Waals surface area contributed by atoms with E-state index in [-0.39, 0.29) is 24.6 Å².